The first-order valence-electron chi connectivity index (χ1n) is 7.85. The van der Waals surface area contributed by atoms with E-state index in [-0.39, 0.29) is 18.3 Å². The van der Waals surface area contributed by atoms with Gasteiger partial charge in [0.25, 0.3) is 0 Å². The van der Waals surface area contributed by atoms with Crippen LogP contribution in [0.15, 0.2) is 18.2 Å². The second-order valence-corrected chi connectivity index (χ2v) is 6.13. The molecule has 116 valence electrons. The number of rotatable bonds is 2. The third-order valence-corrected chi connectivity index (χ3v) is 4.59. The molecule has 3 rings (SSSR count). The van der Waals surface area contributed by atoms with Crippen molar-refractivity contribution in [3.05, 3.63) is 34.9 Å². The Morgan fingerprint density at radius 2 is 2.05 bits per heavy atom. The predicted octanol–water partition coefficient (Wildman–Crippen LogP) is 2.35. The van der Waals surface area contributed by atoms with Crippen LogP contribution in [0.5, 0.6) is 0 Å². The standard InChI is InChI=1S/C17H24N2O.ClH/c1-13-12-18-8-9-19(13)17(20)11-14-6-7-15-4-2-3-5-16(15)10-14;/h6-7,10,13,18H,2-5,8-9,11-12H2,1H3;1H/t13-;/m0./s1. The van der Waals surface area contributed by atoms with E-state index in [1.807, 2.05) is 4.90 Å². The van der Waals surface area contributed by atoms with Crippen LogP contribution in [0.3, 0.4) is 0 Å². The molecule has 0 bridgehead atoms. The smallest absolute Gasteiger partial charge is 0.227 e. The van der Waals surface area contributed by atoms with Crippen molar-refractivity contribution in [1.29, 1.82) is 0 Å². The highest BCUT2D eigenvalue weighted by atomic mass is 35.5. The van der Waals surface area contributed by atoms with E-state index in [9.17, 15) is 4.79 Å². The average Bonchev–Trinajstić information content (AvgIpc) is 2.47. The molecule has 1 aliphatic carbocycles. The number of fused-ring (bicyclic) bond motifs is 1. The molecule has 1 atom stereocenters. The highest BCUT2D eigenvalue weighted by Gasteiger charge is 2.23. The van der Waals surface area contributed by atoms with Crippen LogP contribution < -0.4 is 5.32 Å². The van der Waals surface area contributed by atoms with Gasteiger partial charge in [-0.2, -0.15) is 0 Å². The minimum Gasteiger partial charge on any atom is -0.337 e. The van der Waals surface area contributed by atoms with Gasteiger partial charge in [-0.1, -0.05) is 18.2 Å². The van der Waals surface area contributed by atoms with E-state index < -0.39 is 0 Å². The topological polar surface area (TPSA) is 32.3 Å². The Kier molecular flexibility index (Phi) is 5.65. The maximum atomic E-state index is 12.4. The van der Waals surface area contributed by atoms with E-state index in [1.165, 1.54) is 42.4 Å². The molecule has 3 nitrogen and oxygen atoms in total. The van der Waals surface area contributed by atoms with Gasteiger partial charge in [0, 0.05) is 25.7 Å². The summed E-state index contributed by atoms with van der Waals surface area (Å²) >= 11 is 0. The number of carbonyl (C=O) groups is 1. The summed E-state index contributed by atoms with van der Waals surface area (Å²) in [6.45, 7) is 4.79. The molecule has 1 aromatic carbocycles. The Labute approximate surface area is 133 Å². The van der Waals surface area contributed by atoms with Crippen LogP contribution in [0, 0.1) is 0 Å². The predicted molar refractivity (Wildman–Crippen MR) is 88.1 cm³/mol. The van der Waals surface area contributed by atoms with Crippen LogP contribution in [0.2, 0.25) is 0 Å². The number of nitrogens with zero attached hydrogens (tertiary/aromatic N) is 1. The van der Waals surface area contributed by atoms with E-state index in [4.69, 9.17) is 0 Å². The Hall–Kier alpha value is -1.06. The molecule has 0 saturated carbocycles. The molecule has 0 aromatic heterocycles. The minimum atomic E-state index is 0. The van der Waals surface area contributed by atoms with Crippen molar-refractivity contribution >= 4 is 18.3 Å². The molecule has 2 aliphatic rings. The third-order valence-electron chi connectivity index (χ3n) is 4.59. The molecule has 1 aliphatic heterocycles. The van der Waals surface area contributed by atoms with Gasteiger partial charge < -0.3 is 10.2 Å². The number of carbonyl (C=O) groups excluding carboxylic acids is 1. The average molecular weight is 309 g/mol. The fourth-order valence-electron chi connectivity index (χ4n) is 3.38. The number of benzene rings is 1. The normalized spacial score (nSPS) is 21.4. The number of hydrogen-bond donors (Lipinski definition) is 1. The largest absolute Gasteiger partial charge is 0.337 e. The fraction of sp³-hybridized carbons (Fsp3) is 0.588. The summed E-state index contributed by atoms with van der Waals surface area (Å²) in [7, 11) is 0. The molecule has 1 fully saturated rings. The molecule has 21 heavy (non-hydrogen) atoms. The van der Waals surface area contributed by atoms with Gasteiger partial charge in [-0.3, -0.25) is 4.79 Å². The van der Waals surface area contributed by atoms with E-state index in [2.05, 4.69) is 30.4 Å². The fourth-order valence-corrected chi connectivity index (χ4v) is 3.38. The lowest BCUT2D eigenvalue weighted by atomic mass is 9.90. The van der Waals surface area contributed by atoms with Gasteiger partial charge in [-0.15, -0.1) is 12.4 Å². The van der Waals surface area contributed by atoms with E-state index in [0.29, 0.717) is 12.5 Å². The lowest BCUT2D eigenvalue weighted by Crippen LogP contribution is -2.52. The van der Waals surface area contributed by atoms with Crippen LogP contribution in [0.1, 0.15) is 36.5 Å². The summed E-state index contributed by atoms with van der Waals surface area (Å²) in [5.74, 6) is 0.273. The maximum Gasteiger partial charge on any atom is 0.227 e. The molecule has 1 aromatic rings. The zero-order chi connectivity index (χ0) is 13.9. The monoisotopic (exact) mass is 308 g/mol. The Morgan fingerprint density at radius 3 is 2.81 bits per heavy atom. The summed E-state index contributed by atoms with van der Waals surface area (Å²) in [5, 5.41) is 3.33. The van der Waals surface area contributed by atoms with Gasteiger partial charge in [0.15, 0.2) is 0 Å². The minimum absolute atomic E-state index is 0. The highest BCUT2D eigenvalue weighted by molar-refractivity contribution is 5.85. The second-order valence-electron chi connectivity index (χ2n) is 6.13. The quantitative estimate of drug-likeness (QED) is 0.909. The molecule has 1 saturated heterocycles. The number of hydrogen-bond acceptors (Lipinski definition) is 2. The van der Waals surface area contributed by atoms with Crippen LogP contribution >= 0.6 is 12.4 Å². The molecule has 1 heterocycles. The molecule has 0 spiro atoms. The zero-order valence-corrected chi connectivity index (χ0v) is 13.5. The van der Waals surface area contributed by atoms with Crippen LogP contribution in [0.4, 0.5) is 0 Å². The summed E-state index contributed by atoms with van der Waals surface area (Å²) in [6.07, 6.45) is 5.54. The summed E-state index contributed by atoms with van der Waals surface area (Å²) in [5.41, 5.74) is 4.14. The molecule has 1 amide bonds. The van der Waals surface area contributed by atoms with Crippen molar-refractivity contribution in [1.82, 2.24) is 10.2 Å². The van der Waals surface area contributed by atoms with Crippen LogP contribution in [0.25, 0.3) is 0 Å². The van der Waals surface area contributed by atoms with E-state index >= 15 is 0 Å². The van der Waals surface area contributed by atoms with Crippen molar-refractivity contribution in [3.63, 3.8) is 0 Å². The highest BCUT2D eigenvalue weighted by Crippen LogP contribution is 2.22. The van der Waals surface area contributed by atoms with Gasteiger partial charge in [-0.05, 0) is 49.3 Å². The van der Waals surface area contributed by atoms with E-state index in [1.54, 1.807) is 0 Å². The Morgan fingerprint density at radius 1 is 1.29 bits per heavy atom. The number of piperazine rings is 1. The molecular weight excluding hydrogens is 284 g/mol. The molecular formula is C17H25ClN2O. The van der Waals surface area contributed by atoms with E-state index in [0.717, 1.165) is 19.6 Å². The number of halogens is 1. The lowest BCUT2D eigenvalue weighted by Gasteiger charge is -2.34. The molecule has 4 heteroatoms. The van der Waals surface area contributed by atoms with Gasteiger partial charge in [-0.25, -0.2) is 0 Å². The first kappa shape index (κ1) is 16.3. The summed E-state index contributed by atoms with van der Waals surface area (Å²) < 4.78 is 0. The maximum absolute atomic E-state index is 12.4. The van der Waals surface area contributed by atoms with Gasteiger partial charge in [0.2, 0.25) is 5.91 Å². The van der Waals surface area contributed by atoms with Gasteiger partial charge in [0.1, 0.15) is 0 Å². The first-order valence-corrected chi connectivity index (χ1v) is 7.85. The summed E-state index contributed by atoms with van der Waals surface area (Å²) in [6, 6.07) is 6.96. The van der Waals surface area contributed by atoms with Gasteiger partial charge >= 0.3 is 0 Å². The summed E-state index contributed by atoms with van der Waals surface area (Å²) in [4.78, 5) is 14.5. The number of amides is 1. The number of nitrogens with one attached hydrogen (secondary N) is 1. The molecule has 0 radical (unpaired) electrons. The Balaban J connectivity index is 0.00000161. The van der Waals surface area contributed by atoms with Crippen molar-refractivity contribution < 1.29 is 4.79 Å². The van der Waals surface area contributed by atoms with Gasteiger partial charge in [0.05, 0.1) is 6.42 Å². The SMILES string of the molecule is C[C@H]1CNCCN1C(=O)Cc1ccc2c(c1)CCCC2.Cl. The molecule has 0 unspecified atom stereocenters. The first-order chi connectivity index (χ1) is 9.74. The van der Waals surface area contributed by atoms with Crippen molar-refractivity contribution in [3.8, 4) is 0 Å². The zero-order valence-electron chi connectivity index (χ0n) is 12.7. The molecule has 1 N–H and O–H groups in total. The third kappa shape index (κ3) is 3.78. The Bertz CT molecular complexity index is 504. The van der Waals surface area contributed by atoms with Crippen LogP contribution in [-0.4, -0.2) is 36.5 Å². The number of aryl methyl sites for hydroxylation is 2. The van der Waals surface area contributed by atoms with Crippen molar-refractivity contribution in [2.45, 2.75) is 45.1 Å². The van der Waals surface area contributed by atoms with Crippen molar-refractivity contribution in [2.75, 3.05) is 19.6 Å². The van der Waals surface area contributed by atoms with Crippen LogP contribution in [-0.2, 0) is 24.1 Å². The van der Waals surface area contributed by atoms with Crippen molar-refractivity contribution in [2.24, 2.45) is 0 Å². The second kappa shape index (κ2) is 7.28. The lowest BCUT2D eigenvalue weighted by molar-refractivity contribution is -0.133.